The van der Waals surface area contributed by atoms with Gasteiger partial charge in [-0.1, -0.05) is 23.8 Å². The van der Waals surface area contributed by atoms with E-state index in [1.165, 1.54) is 16.7 Å². The second-order valence-electron chi connectivity index (χ2n) is 4.50. The molecule has 0 aliphatic carbocycles. The predicted octanol–water partition coefficient (Wildman–Crippen LogP) is 3.41. The summed E-state index contributed by atoms with van der Waals surface area (Å²) >= 11 is 3.31. The molecule has 3 N–H and O–H groups in total. The lowest BCUT2D eigenvalue weighted by Gasteiger charge is -2.15. The van der Waals surface area contributed by atoms with E-state index in [2.05, 4.69) is 53.4 Å². The Balaban J connectivity index is 2.22. The summed E-state index contributed by atoms with van der Waals surface area (Å²) < 4.78 is 6.27. The molecule has 0 fully saturated rings. The third kappa shape index (κ3) is 3.02. The van der Waals surface area contributed by atoms with Gasteiger partial charge in [-0.2, -0.15) is 0 Å². The first-order valence-corrected chi connectivity index (χ1v) is 6.67. The average molecular weight is 309 g/mol. The fourth-order valence-corrected chi connectivity index (χ4v) is 2.32. The van der Waals surface area contributed by atoms with Gasteiger partial charge in [0.25, 0.3) is 0 Å². The molecule has 0 radical (unpaired) electrons. The molecule has 18 heavy (non-hydrogen) atoms. The van der Waals surface area contributed by atoms with Crippen molar-refractivity contribution in [3.05, 3.63) is 57.5 Å². The Hall–Kier alpha value is -1.10. The number of hydrazine groups is 1. The highest BCUT2D eigenvalue weighted by atomic mass is 79.9. The molecule has 2 rings (SSSR count). The SMILES string of the molecule is Cc1ccc(C)c(CC(NN)c2ccc(Br)o2)c1. The Morgan fingerprint density at radius 2 is 2.06 bits per heavy atom. The summed E-state index contributed by atoms with van der Waals surface area (Å²) in [6.45, 7) is 4.21. The second-order valence-corrected chi connectivity index (χ2v) is 5.28. The van der Waals surface area contributed by atoms with Crippen LogP contribution in [0.2, 0.25) is 0 Å². The number of furan rings is 1. The third-order valence-electron chi connectivity index (χ3n) is 3.07. The smallest absolute Gasteiger partial charge is 0.169 e. The minimum atomic E-state index is -0.0169. The van der Waals surface area contributed by atoms with Gasteiger partial charge in [0, 0.05) is 0 Å². The molecule has 0 spiro atoms. The molecule has 1 heterocycles. The molecular weight excluding hydrogens is 292 g/mol. The van der Waals surface area contributed by atoms with E-state index >= 15 is 0 Å². The van der Waals surface area contributed by atoms with Crippen molar-refractivity contribution in [3.8, 4) is 0 Å². The van der Waals surface area contributed by atoms with E-state index in [0.29, 0.717) is 0 Å². The van der Waals surface area contributed by atoms with Gasteiger partial charge in [0.15, 0.2) is 4.67 Å². The van der Waals surface area contributed by atoms with Crippen molar-refractivity contribution in [3.63, 3.8) is 0 Å². The zero-order valence-corrected chi connectivity index (χ0v) is 12.1. The van der Waals surface area contributed by atoms with E-state index in [4.69, 9.17) is 10.3 Å². The van der Waals surface area contributed by atoms with Crippen LogP contribution in [0, 0.1) is 13.8 Å². The number of benzene rings is 1. The fraction of sp³-hybridized carbons (Fsp3) is 0.286. The maximum Gasteiger partial charge on any atom is 0.169 e. The number of nitrogens with two attached hydrogens (primary N) is 1. The molecule has 1 atom stereocenters. The van der Waals surface area contributed by atoms with E-state index < -0.39 is 0 Å². The Labute approximate surface area is 115 Å². The molecule has 1 aromatic heterocycles. The van der Waals surface area contributed by atoms with Crippen molar-refractivity contribution in [1.82, 2.24) is 5.43 Å². The maximum absolute atomic E-state index is 5.62. The zero-order chi connectivity index (χ0) is 13.1. The molecule has 0 saturated carbocycles. The lowest BCUT2D eigenvalue weighted by molar-refractivity contribution is 0.404. The van der Waals surface area contributed by atoms with Gasteiger partial charge in [0.1, 0.15) is 5.76 Å². The number of aryl methyl sites for hydroxylation is 2. The van der Waals surface area contributed by atoms with Crippen LogP contribution in [-0.4, -0.2) is 0 Å². The Morgan fingerprint density at radius 1 is 1.28 bits per heavy atom. The standard InChI is InChI=1S/C14H17BrN2O/c1-9-3-4-10(2)11(7-9)8-12(17-16)13-5-6-14(15)18-13/h3-7,12,17H,8,16H2,1-2H3. The summed E-state index contributed by atoms with van der Waals surface area (Å²) in [7, 11) is 0. The van der Waals surface area contributed by atoms with Crippen LogP contribution in [0.15, 0.2) is 39.4 Å². The van der Waals surface area contributed by atoms with Crippen LogP contribution in [0.1, 0.15) is 28.5 Å². The van der Waals surface area contributed by atoms with Gasteiger partial charge in [-0.05, 0) is 59.5 Å². The number of rotatable bonds is 4. The van der Waals surface area contributed by atoms with Crippen LogP contribution in [-0.2, 0) is 6.42 Å². The summed E-state index contributed by atoms with van der Waals surface area (Å²) in [6, 6.07) is 10.2. The molecule has 0 aliphatic heterocycles. The summed E-state index contributed by atoms with van der Waals surface area (Å²) in [6.07, 6.45) is 0.809. The Morgan fingerprint density at radius 3 is 2.67 bits per heavy atom. The number of halogens is 1. The Bertz CT molecular complexity index is 536. The summed E-state index contributed by atoms with van der Waals surface area (Å²) in [5.41, 5.74) is 6.62. The Kier molecular flexibility index (Phi) is 4.22. The topological polar surface area (TPSA) is 51.2 Å². The van der Waals surface area contributed by atoms with Crippen LogP contribution in [0.25, 0.3) is 0 Å². The van der Waals surface area contributed by atoms with Gasteiger partial charge < -0.3 is 4.42 Å². The third-order valence-corrected chi connectivity index (χ3v) is 3.49. The van der Waals surface area contributed by atoms with Crippen LogP contribution in [0.5, 0.6) is 0 Å². The van der Waals surface area contributed by atoms with Crippen molar-refractivity contribution in [2.75, 3.05) is 0 Å². The van der Waals surface area contributed by atoms with Gasteiger partial charge in [0.2, 0.25) is 0 Å². The van der Waals surface area contributed by atoms with Crippen LogP contribution >= 0.6 is 15.9 Å². The summed E-state index contributed by atoms with van der Waals surface area (Å²) in [5, 5.41) is 0. The first-order chi connectivity index (χ1) is 8.60. The lowest BCUT2D eigenvalue weighted by atomic mass is 9.98. The molecule has 2 aromatic rings. The molecule has 0 aliphatic rings. The lowest BCUT2D eigenvalue weighted by Crippen LogP contribution is -2.29. The molecule has 0 saturated heterocycles. The van der Waals surface area contributed by atoms with E-state index in [0.717, 1.165) is 16.9 Å². The van der Waals surface area contributed by atoms with E-state index in [1.807, 2.05) is 12.1 Å². The van der Waals surface area contributed by atoms with Gasteiger partial charge >= 0.3 is 0 Å². The van der Waals surface area contributed by atoms with Gasteiger partial charge in [-0.15, -0.1) is 0 Å². The van der Waals surface area contributed by atoms with Crippen molar-refractivity contribution in [1.29, 1.82) is 0 Å². The van der Waals surface area contributed by atoms with E-state index in [1.54, 1.807) is 0 Å². The van der Waals surface area contributed by atoms with Crippen molar-refractivity contribution in [2.24, 2.45) is 5.84 Å². The number of hydrogen-bond donors (Lipinski definition) is 2. The highest BCUT2D eigenvalue weighted by molar-refractivity contribution is 9.10. The fourth-order valence-electron chi connectivity index (χ4n) is 2.00. The average Bonchev–Trinajstić information content (AvgIpc) is 2.77. The van der Waals surface area contributed by atoms with Crippen molar-refractivity contribution < 1.29 is 4.42 Å². The number of hydrogen-bond acceptors (Lipinski definition) is 3. The van der Waals surface area contributed by atoms with Crippen LogP contribution in [0.4, 0.5) is 0 Å². The summed E-state index contributed by atoms with van der Waals surface area (Å²) in [4.78, 5) is 0. The quantitative estimate of drug-likeness (QED) is 0.672. The predicted molar refractivity (Wildman–Crippen MR) is 76.1 cm³/mol. The molecular formula is C14H17BrN2O. The van der Waals surface area contributed by atoms with Crippen LogP contribution in [0.3, 0.4) is 0 Å². The summed E-state index contributed by atoms with van der Waals surface area (Å²) in [5.74, 6) is 6.46. The highest BCUT2D eigenvalue weighted by Crippen LogP contribution is 2.24. The molecule has 0 bridgehead atoms. The molecule has 0 amide bonds. The highest BCUT2D eigenvalue weighted by Gasteiger charge is 2.15. The van der Waals surface area contributed by atoms with Gasteiger partial charge in [-0.25, -0.2) is 5.43 Å². The van der Waals surface area contributed by atoms with Crippen molar-refractivity contribution >= 4 is 15.9 Å². The van der Waals surface area contributed by atoms with Gasteiger partial charge in [0.05, 0.1) is 6.04 Å². The minimum Gasteiger partial charge on any atom is -0.453 e. The normalized spacial score (nSPS) is 12.7. The molecule has 4 heteroatoms. The minimum absolute atomic E-state index is 0.0169. The molecule has 1 unspecified atom stereocenters. The van der Waals surface area contributed by atoms with Crippen molar-refractivity contribution in [2.45, 2.75) is 26.3 Å². The number of nitrogens with one attached hydrogen (secondary N) is 1. The monoisotopic (exact) mass is 308 g/mol. The first kappa shape index (κ1) is 13.3. The van der Waals surface area contributed by atoms with Crippen LogP contribution < -0.4 is 11.3 Å². The van der Waals surface area contributed by atoms with Gasteiger partial charge in [-0.3, -0.25) is 5.84 Å². The first-order valence-electron chi connectivity index (χ1n) is 5.87. The second kappa shape index (κ2) is 5.69. The zero-order valence-electron chi connectivity index (χ0n) is 10.5. The maximum atomic E-state index is 5.62. The molecule has 96 valence electrons. The molecule has 1 aromatic carbocycles. The van der Waals surface area contributed by atoms with E-state index in [9.17, 15) is 0 Å². The molecule has 3 nitrogen and oxygen atoms in total. The largest absolute Gasteiger partial charge is 0.453 e. The van der Waals surface area contributed by atoms with E-state index in [-0.39, 0.29) is 6.04 Å².